The highest BCUT2D eigenvalue weighted by Crippen LogP contribution is 2.32. The first-order valence-corrected chi connectivity index (χ1v) is 13.3. The van der Waals surface area contributed by atoms with E-state index in [1.807, 2.05) is 0 Å². The first-order chi connectivity index (χ1) is 19.2. The van der Waals surface area contributed by atoms with E-state index in [9.17, 15) is 24.6 Å². The van der Waals surface area contributed by atoms with E-state index in [-0.39, 0.29) is 41.1 Å². The van der Waals surface area contributed by atoms with Crippen molar-refractivity contribution in [2.24, 2.45) is 5.92 Å². The van der Waals surface area contributed by atoms with Crippen molar-refractivity contribution in [3.8, 4) is 11.8 Å². The second-order valence-electron chi connectivity index (χ2n) is 10.0. The molecular weight excluding hydrogens is 524 g/mol. The van der Waals surface area contributed by atoms with E-state index in [0.29, 0.717) is 32.6 Å². The van der Waals surface area contributed by atoms with Crippen molar-refractivity contribution in [3.63, 3.8) is 0 Å². The molecule has 214 valence electrons. The molecule has 0 radical (unpaired) electrons. The van der Waals surface area contributed by atoms with Gasteiger partial charge in [0, 0.05) is 26.1 Å². The number of hydrogen-bond donors (Lipinski definition) is 5. The first-order valence-electron chi connectivity index (χ1n) is 13.3. The van der Waals surface area contributed by atoms with Crippen molar-refractivity contribution >= 4 is 34.9 Å². The summed E-state index contributed by atoms with van der Waals surface area (Å²) < 4.78 is 12.5. The van der Waals surface area contributed by atoms with Gasteiger partial charge in [0.05, 0.1) is 19.3 Å². The third-order valence-electron chi connectivity index (χ3n) is 7.24. The van der Waals surface area contributed by atoms with Crippen LogP contribution in [0.5, 0.6) is 0 Å². The van der Waals surface area contributed by atoms with Gasteiger partial charge in [0.15, 0.2) is 23.8 Å². The number of amides is 3. The normalized spacial score (nSPS) is 26.8. The highest BCUT2D eigenvalue weighted by atomic mass is 16.6. The molecule has 40 heavy (non-hydrogen) atoms. The van der Waals surface area contributed by atoms with Gasteiger partial charge in [-0.05, 0) is 31.6 Å². The van der Waals surface area contributed by atoms with Crippen molar-refractivity contribution in [2.45, 2.75) is 63.3 Å². The van der Waals surface area contributed by atoms with Gasteiger partial charge in [-0.2, -0.15) is 0 Å². The van der Waals surface area contributed by atoms with E-state index in [4.69, 9.17) is 15.2 Å². The summed E-state index contributed by atoms with van der Waals surface area (Å²) in [6.07, 6.45) is -2.41. The number of piperidine rings is 1. The Kier molecular flexibility index (Phi) is 8.01. The Hall–Kier alpha value is -4.00. The number of carbonyl (C=O) groups excluding carboxylic acids is 3. The summed E-state index contributed by atoms with van der Waals surface area (Å²) in [4.78, 5) is 50.4. The second kappa shape index (κ2) is 11.6. The summed E-state index contributed by atoms with van der Waals surface area (Å²) >= 11 is 0. The lowest BCUT2D eigenvalue weighted by molar-refractivity contribution is -0.137. The van der Waals surface area contributed by atoms with Crippen molar-refractivity contribution in [3.05, 3.63) is 12.2 Å². The van der Waals surface area contributed by atoms with Crippen molar-refractivity contribution in [1.82, 2.24) is 35.1 Å². The molecule has 3 amide bonds. The Labute approximate surface area is 229 Å². The number of rotatable bonds is 5. The SMILES string of the molecule is CCNC(=O)[C@H]1O[C@@H](n2cnc3c(N)nc(C#CCC4CCN(C(=O)OC5CNC(=O)C5)CC4)nc32)[C@@H](O)C1O. The fourth-order valence-corrected chi connectivity index (χ4v) is 5.03. The summed E-state index contributed by atoms with van der Waals surface area (Å²) in [6, 6.07) is 0. The minimum absolute atomic E-state index is 0.0901. The number of imidazole rings is 1. The van der Waals surface area contributed by atoms with E-state index in [2.05, 4.69) is 37.4 Å². The van der Waals surface area contributed by atoms with E-state index in [1.165, 1.54) is 10.9 Å². The molecule has 15 nitrogen and oxygen atoms in total. The van der Waals surface area contributed by atoms with Gasteiger partial charge >= 0.3 is 6.09 Å². The zero-order valence-electron chi connectivity index (χ0n) is 21.9. The van der Waals surface area contributed by atoms with Gasteiger partial charge in [0.1, 0.15) is 23.8 Å². The Morgan fingerprint density at radius 2 is 2.05 bits per heavy atom. The van der Waals surface area contributed by atoms with Crippen LogP contribution in [0.1, 0.15) is 44.7 Å². The van der Waals surface area contributed by atoms with Gasteiger partial charge in [0.2, 0.25) is 11.7 Å². The third-order valence-corrected chi connectivity index (χ3v) is 7.24. The van der Waals surface area contributed by atoms with Crippen LogP contribution in [0, 0.1) is 17.8 Å². The lowest BCUT2D eigenvalue weighted by Gasteiger charge is -2.31. The van der Waals surface area contributed by atoms with Crippen molar-refractivity contribution in [1.29, 1.82) is 0 Å². The van der Waals surface area contributed by atoms with Gasteiger partial charge < -0.3 is 41.0 Å². The standard InChI is InChI=1S/C25H32N8O7/c1-2-27-23(37)20-18(35)19(36)24(40-20)33-12-29-17-21(26)30-15(31-22(17)33)5-3-4-13-6-8-32(9-7-13)25(38)39-14-10-16(34)28-11-14/h12-14,18-20,24,35-36H,2,4,6-11H2,1H3,(H,27,37)(H,28,34)(H2,26,30,31)/t14?,18?,19-,20-,24+/m0/s1. The molecule has 0 aliphatic carbocycles. The van der Waals surface area contributed by atoms with Crippen LogP contribution in [0.15, 0.2) is 6.33 Å². The maximum atomic E-state index is 12.4. The number of nitrogen functional groups attached to an aromatic ring is 1. The molecule has 3 fully saturated rings. The van der Waals surface area contributed by atoms with Crippen LogP contribution < -0.4 is 16.4 Å². The number of aromatic nitrogens is 4. The molecule has 15 heteroatoms. The summed E-state index contributed by atoms with van der Waals surface area (Å²) in [6.45, 7) is 3.52. The highest BCUT2D eigenvalue weighted by molar-refractivity contribution is 5.83. The number of likely N-dealkylation sites (N-methyl/N-ethyl adjacent to an activating group) is 1. The van der Waals surface area contributed by atoms with Crippen LogP contribution in [-0.2, 0) is 19.1 Å². The minimum Gasteiger partial charge on any atom is -0.444 e. The number of fused-ring (bicyclic) bond motifs is 1. The fraction of sp³-hybridized carbons (Fsp3) is 0.600. The van der Waals surface area contributed by atoms with Crippen molar-refractivity contribution in [2.75, 3.05) is 31.9 Å². The number of likely N-dealkylation sites (tertiary alicyclic amines) is 1. The molecule has 0 aromatic carbocycles. The number of nitrogens with one attached hydrogen (secondary N) is 2. The largest absolute Gasteiger partial charge is 0.444 e. The Morgan fingerprint density at radius 1 is 1.27 bits per heavy atom. The molecule has 5 atom stereocenters. The van der Waals surface area contributed by atoms with Crippen LogP contribution in [0.25, 0.3) is 11.2 Å². The number of aliphatic hydroxyl groups is 2. The Bertz CT molecular complexity index is 1350. The topological polar surface area (TPSA) is 207 Å². The van der Waals surface area contributed by atoms with Crippen LogP contribution in [0.4, 0.5) is 10.6 Å². The molecule has 2 unspecified atom stereocenters. The Balaban J connectivity index is 1.21. The van der Waals surface area contributed by atoms with E-state index in [0.717, 1.165) is 12.8 Å². The number of nitrogens with zero attached hydrogens (tertiary/aromatic N) is 5. The Morgan fingerprint density at radius 3 is 2.75 bits per heavy atom. The predicted molar refractivity (Wildman–Crippen MR) is 138 cm³/mol. The van der Waals surface area contributed by atoms with Crippen LogP contribution >= 0.6 is 0 Å². The zero-order chi connectivity index (χ0) is 28.4. The molecule has 6 N–H and O–H groups in total. The first kappa shape index (κ1) is 27.6. The molecule has 3 saturated heterocycles. The smallest absolute Gasteiger partial charge is 0.410 e. The van der Waals surface area contributed by atoms with Crippen LogP contribution in [-0.4, -0.2) is 103 Å². The number of anilines is 1. The van der Waals surface area contributed by atoms with Gasteiger partial charge in [-0.25, -0.2) is 19.7 Å². The summed E-state index contributed by atoms with van der Waals surface area (Å²) in [5.41, 5.74) is 6.61. The molecule has 0 spiro atoms. The third kappa shape index (κ3) is 5.64. The van der Waals surface area contributed by atoms with Gasteiger partial charge in [-0.3, -0.25) is 14.2 Å². The predicted octanol–water partition coefficient (Wildman–Crippen LogP) is -1.36. The van der Waals surface area contributed by atoms with Gasteiger partial charge in [-0.1, -0.05) is 5.92 Å². The molecule has 3 aliphatic rings. The quantitative estimate of drug-likeness (QED) is 0.272. The van der Waals surface area contributed by atoms with Crippen LogP contribution in [0.3, 0.4) is 0 Å². The minimum atomic E-state index is -1.44. The molecule has 2 aromatic rings. The lowest BCUT2D eigenvalue weighted by atomic mass is 9.94. The lowest BCUT2D eigenvalue weighted by Crippen LogP contribution is -2.42. The summed E-state index contributed by atoms with van der Waals surface area (Å²) in [5, 5.41) is 26.2. The highest BCUT2D eigenvalue weighted by Gasteiger charge is 2.47. The van der Waals surface area contributed by atoms with Gasteiger partial charge in [0.25, 0.3) is 5.91 Å². The average Bonchev–Trinajstić information content (AvgIpc) is 3.62. The summed E-state index contributed by atoms with van der Waals surface area (Å²) in [7, 11) is 0. The molecule has 0 saturated carbocycles. The van der Waals surface area contributed by atoms with Crippen LogP contribution in [0.2, 0.25) is 0 Å². The maximum absolute atomic E-state index is 12.4. The fourth-order valence-electron chi connectivity index (χ4n) is 5.03. The van der Waals surface area contributed by atoms with E-state index >= 15 is 0 Å². The number of aliphatic hydroxyl groups excluding tert-OH is 2. The summed E-state index contributed by atoms with van der Waals surface area (Å²) in [5.74, 6) is 5.88. The molecule has 2 aromatic heterocycles. The zero-order valence-corrected chi connectivity index (χ0v) is 21.9. The maximum Gasteiger partial charge on any atom is 0.410 e. The number of ether oxygens (including phenoxy) is 2. The number of carbonyl (C=O) groups is 3. The molecular formula is C25H32N8O7. The average molecular weight is 557 g/mol. The van der Waals surface area contributed by atoms with E-state index < -0.39 is 42.6 Å². The van der Waals surface area contributed by atoms with Gasteiger partial charge in [-0.15, -0.1) is 0 Å². The monoisotopic (exact) mass is 556 g/mol. The molecule has 5 rings (SSSR count). The number of nitrogens with two attached hydrogens (primary N) is 1. The van der Waals surface area contributed by atoms with Crippen molar-refractivity contribution < 1.29 is 34.1 Å². The van der Waals surface area contributed by atoms with E-state index in [1.54, 1.807) is 11.8 Å². The second-order valence-corrected chi connectivity index (χ2v) is 10.0. The molecule has 3 aliphatic heterocycles. The molecule has 5 heterocycles. The molecule has 0 bridgehead atoms. The number of hydrogen-bond acceptors (Lipinski definition) is 11.